The van der Waals surface area contributed by atoms with E-state index in [2.05, 4.69) is 9.97 Å². The minimum Gasteiger partial charge on any atom is -0.481 e. The lowest BCUT2D eigenvalue weighted by atomic mass is 10.4. The molecule has 2 rings (SSSR count). The lowest BCUT2D eigenvalue weighted by Crippen LogP contribution is -2.09. The first-order chi connectivity index (χ1) is 10.0. The molecule has 0 radical (unpaired) electrons. The van der Waals surface area contributed by atoms with E-state index in [1.165, 1.54) is 32.4 Å². The van der Waals surface area contributed by atoms with Crippen molar-refractivity contribution in [2.45, 2.75) is 11.5 Å². The standard InChI is InChI=1S/C13H14N2O5S/c1-18-12-8-13(19-2)15-11(14-12)9-20-21(16,17)10-6-4-3-5-7-10/h3-8H,9H2,1-2H3. The fourth-order valence-corrected chi connectivity index (χ4v) is 2.40. The van der Waals surface area contributed by atoms with Gasteiger partial charge in [-0.15, -0.1) is 0 Å². The van der Waals surface area contributed by atoms with E-state index in [9.17, 15) is 8.42 Å². The Morgan fingerprint density at radius 2 is 1.57 bits per heavy atom. The van der Waals surface area contributed by atoms with Crippen LogP contribution < -0.4 is 9.47 Å². The largest absolute Gasteiger partial charge is 0.481 e. The molecule has 0 fully saturated rings. The van der Waals surface area contributed by atoms with Gasteiger partial charge in [-0.3, -0.25) is 4.18 Å². The van der Waals surface area contributed by atoms with Gasteiger partial charge in [-0.25, -0.2) is 0 Å². The highest BCUT2D eigenvalue weighted by atomic mass is 32.2. The number of rotatable bonds is 6. The van der Waals surface area contributed by atoms with E-state index in [4.69, 9.17) is 13.7 Å². The minimum atomic E-state index is -3.86. The maximum absolute atomic E-state index is 12.0. The molecule has 0 saturated carbocycles. The molecule has 0 aliphatic rings. The summed E-state index contributed by atoms with van der Waals surface area (Å²) in [6, 6.07) is 9.32. The van der Waals surface area contributed by atoms with Crippen LogP contribution in [0.1, 0.15) is 5.82 Å². The lowest BCUT2D eigenvalue weighted by molar-refractivity contribution is 0.290. The molecule has 0 atom stereocenters. The third-order valence-corrected chi connectivity index (χ3v) is 3.80. The third-order valence-electron chi connectivity index (χ3n) is 2.52. The smallest absolute Gasteiger partial charge is 0.297 e. The zero-order valence-corrected chi connectivity index (χ0v) is 12.3. The molecule has 0 aliphatic heterocycles. The highest BCUT2D eigenvalue weighted by molar-refractivity contribution is 7.86. The lowest BCUT2D eigenvalue weighted by Gasteiger charge is -2.07. The molecular formula is C13H14N2O5S. The number of methoxy groups -OCH3 is 2. The zero-order valence-electron chi connectivity index (χ0n) is 11.5. The maximum atomic E-state index is 12.0. The Balaban J connectivity index is 2.16. The van der Waals surface area contributed by atoms with E-state index in [1.54, 1.807) is 18.2 Å². The Bertz CT molecular complexity index is 682. The molecule has 0 bridgehead atoms. The number of aromatic nitrogens is 2. The fraction of sp³-hybridized carbons (Fsp3) is 0.231. The van der Waals surface area contributed by atoms with E-state index >= 15 is 0 Å². The van der Waals surface area contributed by atoms with E-state index in [-0.39, 0.29) is 29.1 Å². The maximum Gasteiger partial charge on any atom is 0.297 e. The number of hydrogen-bond acceptors (Lipinski definition) is 7. The Hall–Kier alpha value is -2.19. The van der Waals surface area contributed by atoms with Gasteiger partial charge < -0.3 is 9.47 Å². The van der Waals surface area contributed by atoms with Gasteiger partial charge in [0.05, 0.1) is 25.2 Å². The van der Waals surface area contributed by atoms with Gasteiger partial charge in [-0.2, -0.15) is 18.4 Å². The summed E-state index contributed by atoms with van der Waals surface area (Å²) in [6.07, 6.45) is 0. The molecule has 7 nitrogen and oxygen atoms in total. The SMILES string of the molecule is COc1cc(OC)nc(COS(=O)(=O)c2ccccc2)n1. The van der Waals surface area contributed by atoms with Crippen molar-refractivity contribution < 1.29 is 22.1 Å². The topological polar surface area (TPSA) is 87.6 Å². The van der Waals surface area contributed by atoms with Crippen LogP contribution in [0.5, 0.6) is 11.8 Å². The molecule has 0 spiro atoms. The normalized spacial score (nSPS) is 11.1. The predicted octanol–water partition coefficient (Wildman–Crippen LogP) is 1.40. The van der Waals surface area contributed by atoms with Crippen LogP contribution >= 0.6 is 0 Å². The summed E-state index contributed by atoms with van der Waals surface area (Å²) in [5, 5.41) is 0. The Morgan fingerprint density at radius 3 is 2.10 bits per heavy atom. The van der Waals surface area contributed by atoms with Gasteiger partial charge >= 0.3 is 0 Å². The van der Waals surface area contributed by atoms with Crippen LogP contribution in [0, 0.1) is 0 Å². The average molecular weight is 310 g/mol. The Kier molecular flexibility index (Phi) is 4.71. The van der Waals surface area contributed by atoms with Gasteiger partial charge in [0.25, 0.3) is 10.1 Å². The number of ether oxygens (including phenoxy) is 2. The number of benzene rings is 1. The second-order valence-corrected chi connectivity index (χ2v) is 5.51. The third kappa shape index (κ3) is 3.89. The first-order valence-corrected chi connectivity index (χ1v) is 7.36. The summed E-state index contributed by atoms with van der Waals surface area (Å²) in [7, 11) is -0.984. The Morgan fingerprint density at radius 1 is 1.00 bits per heavy atom. The molecule has 0 amide bonds. The summed E-state index contributed by atoms with van der Waals surface area (Å²) in [6.45, 7) is -0.315. The van der Waals surface area contributed by atoms with E-state index in [0.717, 1.165) is 0 Å². The van der Waals surface area contributed by atoms with Gasteiger partial charge in [0, 0.05) is 0 Å². The fourth-order valence-electron chi connectivity index (χ4n) is 1.51. The van der Waals surface area contributed by atoms with E-state index in [1.807, 2.05) is 0 Å². The highest BCUT2D eigenvalue weighted by Gasteiger charge is 2.16. The van der Waals surface area contributed by atoms with Gasteiger partial charge in [-0.05, 0) is 12.1 Å². The van der Waals surface area contributed by atoms with Gasteiger partial charge in [0.2, 0.25) is 11.8 Å². The summed E-state index contributed by atoms with van der Waals surface area (Å²) in [5.74, 6) is 0.667. The zero-order chi connectivity index (χ0) is 15.3. The molecular weight excluding hydrogens is 296 g/mol. The number of nitrogens with zero attached hydrogens (tertiary/aromatic N) is 2. The van der Waals surface area contributed by atoms with Crippen LogP contribution in [-0.2, 0) is 20.9 Å². The minimum absolute atomic E-state index is 0.0693. The van der Waals surface area contributed by atoms with Crippen molar-refractivity contribution >= 4 is 10.1 Å². The molecule has 21 heavy (non-hydrogen) atoms. The average Bonchev–Trinajstić information content (AvgIpc) is 2.53. The van der Waals surface area contributed by atoms with Crippen molar-refractivity contribution in [2.24, 2.45) is 0 Å². The molecule has 0 unspecified atom stereocenters. The quantitative estimate of drug-likeness (QED) is 0.745. The Labute approximate surface area is 122 Å². The molecule has 8 heteroatoms. The first kappa shape index (κ1) is 15.2. The van der Waals surface area contributed by atoms with Crippen molar-refractivity contribution in [1.82, 2.24) is 9.97 Å². The van der Waals surface area contributed by atoms with Crippen molar-refractivity contribution in [2.75, 3.05) is 14.2 Å². The second-order valence-electron chi connectivity index (χ2n) is 3.90. The molecule has 0 aliphatic carbocycles. The first-order valence-electron chi connectivity index (χ1n) is 5.95. The molecule has 1 heterocycles. The second kappa shape index (κ2) is 6.51. The van der Waals surface area contributed by atoms with Crippen molar-refractivity contribution in [1.29, 1.82) is 0 Å². The van der Waals surface area contributed by atoms with Gasteiger partial charge in [0.15, 0.2) is 5.82 Å². The highest BCUT2D eigenvalue weighted by Crippen LogP contribution is 2.17. The molecule has 0 saturated heterocycles. The number of hydrogen-bond donors (Lipinski definition) is 0. The molecule has 112 valence electrons. The van der Waals surface area contributed by atoms with Crippen molar-refractivity contribution in [3.05, 3.63) is 42.2 Å². The summed E-state index contributed by atoms with van der Waals surface area (Å²) in [5.41, 5.74) is 0. The summed E-state index contributed by atoms with van der Waals surface area (Å²) >= 11 is 0. The molecule has 0 N–H and O–H groups in total. The predicted molar refractivity (Wildman–Crippen MR) is 73.6 cm³/mol. The van der Waals surface area contributed by atoms with Crippen molar-refractivity contribution in [3.63, 3.8) is 0 Å². The molecule has 1 aromatic carbocycles. The van der Waals surface area contributed by atoms with Crippen LogP contribution in [0.4, 0.5) is 0 Å². The van der Waals surface area contributed by atoms with E-state index in [0.29, 0.717) is 0 Å². The van der Waals surface area contributed by atoms with Crippen molar-refractivity contribution in [3.8, 4) is 11.8 Å². The molecule has 1 aromatic heterocycles. The van der Waals surface area contributed by atoms with Crippen LogP contribution in [0.2, 0.25) is 0 Å². The molecule has 2 aromatic rings. The van der Waals surface area contributed by atoms with E-state index < -0.39 is 10.1 Å². The monoisotopic (exact) mass is 310 g/mol. The summed E-state index contributed by atoms with van der Waals surface area (Å²) in [4.78, 5) is 8.06. The summed E-state index contributed by atoms with van der Waals surface area (Å²) < 4.78 is 38.8. The van der Waals surface area contributed by atoms with Crippen LogP contribution in [0.25, 0.3) is 0 Å². The van der Waals surface area contributed by atoms with Crippen LogP contribution in [0.3, 0.4) is 0 Å². The van der Waals surface area contributed by atoms with Gasteiger partial charge in [0.1, 0.15) is 6.61 Å². The van der Waals surface area contributed by atoms with Gasteiger partial charge in [-0.1, -0.05) is 18.2 Å². The van der Waals surface area contributed by atoms with Crippen LogP contribution in [0.15, 0.2) is 41.3 Å². The van der Waals surface area contributed by atoms with Crippen LogP contribution in [-0.4, -0.2) is 32.6 Å².